The molecule has 0 amide bonds. The molecule has 0 fully saturated rings. The average Bonchev–Trinajstić information content (AvgIpc) is 2.47. The van der Waals surface area contributed by atoms with Gasteiger partial charge in [-0.25, -0.2) is 0 Å². The first-order valence-electron chi connectivity index (χ1n) is 6.45. The van der Waals surface area contributed by atoms with Crippen LogP contribution < -0.4 is 5.43 Å². The zero-order valence-corrected chi connectivity index (χ0v) is 11.9. The van der Waals surface area contributed by atoms with Crippen LogP contribution in [0.1, 0.15) is 11.1 Å². The number of hydrogen-bond donors (Lipinski definition) is 1. The Morgan fingerprint density at radius 3 is 2.24 bits per heavy atom. The topological polar surface area (TPSA) is 72.0 Å². The van der Waals surface area contributed by atoms with E-state index in [9.17, 15) is 0 Å². The molecule has 2 aromatic carbocycles. The van der Waals surface area contributed by atoms with Crippen molar-refractivity contribution in [3.63, 3.8) is 0 Å². The first-order chi connectivity index (χ1) is 10.1. The van der Waals surface area contributed by atoms with Gasteiger partial charge in [-0.05, 0) is 37.1 Å². The van der Waals surface area contributed by atoms with Gasteiger partial charge in [0.25, 0.3) is 0 Å². The Balaban J connectivity index is 2.32. The van der Waals surface area contributed by atoms with Gasteiger partial charge >= 0.3 is 0 Å². The first kappa shape index (κ1) is 14.3. The molecule has 2 aromatic rings. The third-order valence-electron chi connectivity index (χ3n) is 2.93. The highest BCUT2D eigenvalue weighted by molar-refractivity contribution is 6.10. The number of nitriles is 2. The zero-order valence-electron chi connectivity index (χ0n) is 11.9. The number of nitrogens with zero attached hydrogens (tertiary/aromatic N) is 3. The minimum absolute atomic E-state index is 0.202. The largest absolute Gasteiger partial charge is 0.276 e. The third kappa shape index (κ3) is 3.68. The van der Waals surface area contributed by atoms with Crippen molar-refractivity contribution >= 4 is 11.4 Å². The molecule has 0 saturated heterocycles. The maximum absolute atomic E-state index is 8.65. The van der Waals surface area contributed by atoms with Crippen LogP contribution in [0.3, 0.4) is 0 Å². The minimum Gasteiger partial charge on any atom is -0.276 e. The molecule has 0 saturated carbocycles. The SMILES string of the molecule is Cc1cc(C)cc(-c2cccc(NN=C(C#N)C#N)c2)c1. The molecule has 4 heteroatoms. The van der Waals surface area contributed by atoms with Crippen LogP contribution in [0.2, 0.25) is 0 Å². The van der Waals surface area contributed by atoms with Gasteiger partial charge in [-0.2, -0.15) is 15.6 Å². The maximum atomic E-state index is 8.65. The lowest BCUT2D eigenvalue weighted by Crippen LogP contribution is -1.96. The Kier molecular flexibility index (Phi) is 4.33. The molecule has 0 aliphatic rings. The van der Waals surface area contributed by atoms with E-state index in [1.165, 1.54) is 11.1 Å². The molecule has 0 atom stereocenters. The smallest absolute Gasteiger partial charge is 0.237 e. The van der Waals surface area contributed by atoms with Gasteiger partial charge in [0, 0.05) is 0 Å². The normalized spacial score (nSPS) is 9.33. The average molecular weight is 274 g/mol. The lowest BCUT2D eigenvalue weighted by atomic mass is 10.0. The highest BCUT2D eigenvalue weighted by Gasteiger charge is 2.01. The predicted molar refractivity (Wildman–Crippen MR) is 83.6 cm³/mol. The molecule has 0 heterocycles. The second kappa shape index (κ2) is 6.36. The second-order valence-electron chi connectivity index (χ2n) is 4.75. The Hall–Kier alpha value is -3.11. The fourth-order valence-corrected chi connectivity index (χ4v) is 2.11. The van der Waals surface area contributed by atoms with E-state index in [2.05, 4.69) is 42.6 Å². The summed E-state index contributed by atoms with van der Waals surface area (Å²) < 4.78 is 0. The number of anilines is 1. The highest BCUT2D eigenvalue weighted by Crippen LogP contribution is 2.24. The van der Waals surface area contributed by atoms with E-state index in [1.807, 2.05) is 24.3 Å². The molecule has 0 spiro atoms. The number of hydrogen-bond acceptors (Lipinski definition) is 4. The minimum atomic E-state index is -0.202. The molecule has 21 heavy (non-hydrogen) atoms. The molecule has 0 aromatic heterocycles. The van der Waals surface area contributed by atoms with Gasteiger partial charge in [0.1, 0.15) is 12.1 Å². The Labute approximate surface area is 124 Å². The number of aryl methyl sites for hydroxylation is 2. The molecule has 0 bridgehead atoms. The van der Waals surface area contributed by atoms with Gasteiger partial charge in [0.05, 0.1) is 5.69 Å². The van der Waals surface area contributed by atoms with Gasteiger partial charge in [0.15, 0.2) is 0 Å². The fraction of sp³-hybridized carbons (Fsp3) is 0.118. The summed E-state index contributed by atoms with van der Waals surface area (Å²) in [5.41, 5.74) is 7.85. The molecule has 0 unspecified atom stereocenters. The molecular weight excluding hydrogens is 260 g/mol. The Morgan fingerprint density at radius 2 is 1.62 bits per heavy atom. The van der Waals surface area contributed by atoms with E-state index in [-0.39, 0.29) is 5.71 Å². The number of rotatable bonds is 3. The van der Waals surface area contributed by atoms with Crippen LogP contribution in [0.5, 0.6) is 0 Å². The van der Waals surface area contributed by atoms with E-state index in [4.69, 9.17) is 10.5 Å². The van der Waals surface area contributed by atoms with Crippen LogP contribution >= 0.6 is 0 Å². The van der Waals surface area contributed by atoms with Crippen LogP contribution in [0.4, 0.5) is 5.69 Å². The molecule has 102 valence electrons. The molecule has 0 aliphatic carbocycles. The van der Waals surface area contributed by atoms with E-state index < -0.39 is 0 Å². The van der Waals surface area contributed by atoms with Crippen molar-refractivity contribution in [2.45, 2.75) is 13.8 Å². The number of nitrogens with one attached hydrogen (secondary N) is 1. The highest BCUT2D eigenvalue weighted by atomic mass is 15.3. The molecule has 0 aliphatic heterocycles. The summed E-state index contributed by atoms with van der Waals surface area (Å²) in [6.45, 7) is 4.13. The van der Waals surface area contributed by atoms with Crippen LogP contribution in [0.25, 0.3) is 11.1 Å². The van der Waals surface area contributed by atoms with E-state index in [0.29, 0.717) is 0 Å². The van der Waals surface area contributed by atoms with Crippen LogP contribution in [0.15, 0.2) is 47.6 Å². The van der Waals surface area contributed by atoms with E-state index in [1.54, 1.807) is 12.1 Å². The van der Waals surface area contributed by atoms with Crippen LogP contribution in [0, 0.1) is 36.5 Å². The van der Waals surface area contributed by atoms with Crippen molar-refractivity contribution in [1.82, 2.24) is 0 Å². The monoisotopic (exact) mass is 274 g/mol. The molecule has 4 nitrogen and oxygen atoms in total. The summed E-state index contributed by atoms with van der Waals surface area (Å²) in [7, 11) is 0. The summed E-state index contributed by atoms with van der Waals surface area (Å²) in [5.74, 6) is 0. The Morgan fingerprint density at radius 1 is 0.952 bits per heavy atom. The molecular formula is C17H14N4. The third-order valence-corrected chi connectivity index (χ3v) is 2.93. The van der Waals surface area contributed by atoms with Crippen LogP contribution in [-0.4, -0.2) is 5.71 Å². The Bertz CT molecular complexity index is 740. The van der Waals surface area contributed by atoms with Crippen molar-refractivity contribution in [3.8, 4) is 23.3 Å². The lowest BCUT2D eigenvalue weighted by molar-refractivity contribution is 1.33. The van der Waals surface area contributed by atoms with Crippen molar-refractivity contribution in [2.75, 3.05) is 5.43 Å². The van der Waals surface area contributed by atoms with Crippen molar-refractivity contribution in [1.29, 1.82) is 10.5 Å². The van der Waals surface area contributed by atoms with E-state index in [0.717, 1.165) is 16.8 Å². The van der Waals surface area contributed by atoms with Gasteiger partial charge in [-0.15, -0.1) is 0 Å². The lowest BCUT2D eigenvalue weighted by Gasteiger charge is -2.07. The summed E-state index contributed by atoms with van der Waals surface area (Å²) in [6, 6.07) is 17.5. The summed E-state index contributed by atoms with van der Waals surface area (Å²) in [4.78, 5) is 0. The second-order valence-corrected chi connectivity index (χ2v) is 4.75. The predicted octanol–water partition coefficient (Wildman–Crippen LogP) is 3.79. The molecule has 2 rings (SSSR count). The number of hydrazone groups is 1. The first-order valence-corrected chi connectivity index (χ1v) is 6.45. The summed E-state index contributed by atoms with van der Waals surface area (Å²) >= 11 is 0. The van der Waals surface area contributed by atoms with E-state index >= 15 is 0 Å². The van der Waals surface area contributed by atoms with Gasteiger partial charge < -0.3 is 0 Å². The van der Waals surface area contributed by atoms with Crippen molar-refractivity contribution < 1.29 is 0 Å². The molecule has 1 N–H and O–H groups in total. The van der Waals surface area contributed by atoms with Gasteiger partial charge in [-0.1, -0.05) is 41.5 Å². The molecule has 0 radical (unpaired) electrons. The maximum Gasteiger partial charge on any atom is 0.237 e. The van der Waals surface area contributed by atoms with Gasteiger partial charge in [-0.3, -0.25) is 5.43 Å². The quantitative estimate of drug-likeness (QED) is 0.683. The van der Waals surface area contributed by atoms with Crippen molar-refractivity contribution in [3.05, 3.63) is 53.6 Å². The zero-order chi connectivity index (χ0) is 15.2. The fourth-order valence-electron chi connectivity index (χ4n) is 2.11. The number of benzene rings is 2. The van der Waals surface area contributed by atoms with Crippen LogP contribution in [-0.2, 0) is 0 Å². The summed E-state index contributed by atoms with van der Waals surface area (Å²) in [6.07, 6.45) is 0. The standard InChI is InChI=1S/C17H14N4/c1-12-6-13(2)8-15(7-12)14-4-3-5-16(9-14)20-21-17(10-18)11-19/h3-9,20H,1-2H3. The van der Waals surface area contributed by atoms with Gasteiger partial charge in [0.2, 0.25) is 5.71 Å². The van der Waals surface area contributed by atoms with Crippen molar-refractivity contribution in [2.24, 2.45) is 5.10 Å². The summed E-state index contributed by atoms with van der Waals surface area (Å²) in [5, 5.41) is 21.1.